The van der Waals surface area contributed by atoms with Crippen LogP contribution in [0.3, 0.4) is 0 Å². The molecule has 0 saturated carbocycles. The van der Waals surface area contributed by atoms with Gasteiger partial charge in [-0.25, -0.2) is 8.42 Å². The topological polar surface area (TPSA) is 84.0 Å². The lowest BCUT2D eigenvalue weighted by atomic mass is 10.3. The Labute approximate surface area is 132 Å². The summed E-state index contributed by atoms with van der Waals surface area (Å²) >= 11 is 2.50. The van der Waals surface area contributed by atoms with E-state index in [1.54, 1.807) is 13.0 Å². The third kappa shape index (κ3) is 4.73. The third-order valence-corrected chi connectivity index (χ3v) is 6.43. The molecule has 21 heavy (non-hydrogen) atoms. The van der Waals surface area contributed by atoms with Crippen LogP contribution in [0.2, 0.25) is 0 Å². The molecule has 0 aromatic carbocycles. The van der Waals surface area contributed by atoms with Gasteiger partial charge in [-0.3, -0.25) is 4.72 Å². The quantitative estimate of drug-likeness (QED) is 0.803. The van der Waals surface area contributed by atoms with Crippen LogP contribution in [0.25, 0.3) is 0 Å². The van der Waals surface area contributed by atoms with Crippen LogP contribution in [0, 0.1) is 6.92 Å². The first-order chi connectivity index (χ1) is 9.87. The normalized spacial score (nSPS) is 12.0. The van der Waals surface area contributed by atoms with E-state index in [1.807, 2.05) is 6.07 Å². The second-order valence-corrected chi connectivity index (χ2v) is 9.07. The minimum atomic E-state index is -3.56. The fourth-order valence-electron chi connectivity index (χ4n) is 1.62. The molecule has 2 aromatic heterocycles. The molecule has 0 saturated heterocycles. The van der Waals surface area contributed by atoms with Crippen LogP contribution in [0.1, 0.15) is 23.7 Å². The zero-order chi connectivity index (χ0) is 15.5. The Hall–Kier alpha value is -1.03. The number of anilines is 1. The molecule has 116 valence electrons. The van der Waals surface area contributed by atoms with Gasteiger partial charge in [-0.05, 0) is 25.5 Å². The highest BCUT2D eigenvalue weighted by atomic mass is 32.2. The molecular weight excluding hydrogens is 328 g/mol. The van der Waals surface area contributed by atoms with Crippen molar-refractivity contribution in [2.24, 2.45) is 0 Å². The van der Waals surface area contributed by atoms with Gasteiger partial charge in [0.1, 0.15) is 9.22 Å². The maximum absolute atomic E-state index is 12.2. The standard InChI is InChI=1S/C12H18N4O2S3/c1-8(2)13-7-6-10-4-5-11(20-10)21(17,18)16-12-15-14-9(3)19-12/h4-5,8,13H,6-7H2,1-3H3,(H,15,16). The predicted molar refractivity (Wildman–Crippen MR) is 86.6 cm³/mol. The smallest absolute Gasteiger partial charge is 0.273 e. The van der Waals surface area contributed by atoms with Gasteiger partial charge in [0.15, 0.2) is 0 Å². The fourth-order valence-corrected chi connectivity index (χ4v) is 4.80. The maximum atomic E-state index is 12.2. The van der Waals surface area contributed by atoms with Crippen LogP contribution >= 0.6 is 22.7 Å². The molecular formula is C12H18N4O2S3. The Bertz CT molecular complexity index is 691. The van der Waals surface area contributed by atoms with Crippen molar-refractivity contribution in [1.29, 1.82) is 0 Å². The summed E-state index contributed by atoms with van der Waals surface area (Å²) in [4.78, 5) is 1.04. The molecule has 2 aromatic rings. The molecule has 0 fully saturated rings. The lowest BCUT2D eigenvalue weighted by Crippen LogP contribution is -2.24. The molecule has 0 amide bonds. The highest BCUT2D eigenvalue weighted by Gasteiger charge is 2.18. The van der Waals surface area contributed by atoms with Crippen molar-refractivity contribution in [1.82, 2.24) is 15.5 Å². The van der Waals surface area contributed by atoms with E-state index in [1.165, 1.54) is 22.7 Å². The highest BCUT2D eigenvalue weighted by molar-refractivity contribution is 7.94. The molecule has 6 nitrogen and oxygen atoms in total. The van der Waals surface area contributed by atoms with E-state index in [4.69, 9.17) is 0 Å². The van der Waals surface area contributed by atoms with Crippen molar-refractivity contribution in [2.45, 2.75) is 37.4 Å². The highest BCUT2D eigenvalue weighted by Crippen LogP contribution is 2.25. The predicted octanol–water partition coefficient (Wildman–Crippen LogP) is 2.25. The lowest BCUT2D eigenvalue weighted by molar-refractivity contribution is 0.592. The number of hydrogen-bond donors (Lipinski definition) is 2. The van der Waals surface area contributed by atoms with Crippen LogP contribution in [-0.2, 0) is 16.4 Å². The first kappa shape index (κ1) is 16.3. The minimum Gasteiger partial charge on any atom is -0.314 e. The van der Waals surface area contributed by atoms with E-state index < -0.39 is 10.0 Å². The fraction of sp³-hybridized carbons (Fsp3) is 0.500. The van der Waals surface area contributed by atoms with Crippen LogP contribution in [0.5, 0.6) is 0 Å². The van der Waals surface area contributed by atoms with Crippen molar-refractivity contribution in [3.63, 3.8) is 0 Å². The van der Waals surface area contributed by atoms with Crippen molar-refractivity contribution in [2.75, 3.05) is 11.3 Å². The molecule has 0 radical (unpaired) electrons. The van der Waals surface area contributed by atoms with E-state index in [0.717, 1.165) is 22.9 Å². The van der Waals surface area contributed by atoms with Gasteiger partial charge < -0.3 is 5.32 Å². The van der Waals surface area contributed by atoms with Crippen LogP contribution in [0.4, 0.5) is 5.13 Å². The number of nitrogens with zero attached hydrogens (tertiary/aromatic N) is 2. The zero-order valence-electron chi connectivity index (χ0n) is 12.1. The zero-order valence-corrected chi connectivity index (χ0v) is 14.5. The summed E-state index contributed by atoms with van der Waals surface area (Å²) in [6.45, 7) is 6.78. The summed E-state index contributed by atoms with van der Waals surface area (Å²) in [5, 5.41) is 11.9. The molecule has 2 rings (SSSR count). The minimum absolute atomic E-state index is 0.295. The molecule has 0 bridgehead atoms. The summed E-state index contributed by atoms with van der Waals surface area (Å²) in [6.07, 6.45) is 0.816. The van der Waals surface area contributed by atoms with E-state index >= 15 is 0 Å². The number of rotatable bonds is 7. The van der Waals surface area contributed by atoms with Gasteiger partial charge in [-0.1, -0.05) is 25.2 Å². The van der Waals surface area contributed by atoms with Gasteiger partial charge in [0.25, 0.3) is 10.0 Å². The maximum Gasteiger partial charge on any atom is 0.273 e. The van der Waals surface area contributed by atoms with Gasteiger partial charge in [0, 0.05) is 17.5 Å². The lowest BCUT2D eigenvalue weighted by Gasteiger charge is -2.06. The first-order valence-corrected chi connectivity index (χ1v) is 9.63. The van der Waals surface area contributed by atoms with Gasteiger partial charge in [-0.2, -0.15) is 0 Å². The summed E-state index contributed by atoms with van der Waals surface area (Å²) in [6, 6.07) is 3.91. The Kier molecular flexibility index (Phi) is 5.31. The number of aryl methyl sites for hydroxylation is 1. The van der Waals surface area contributed by atoms with Gasteiger partial charge >= 0.3 is 0 Å². The third-order valence-electron chi connectivity index (χ3n) is 2.57. The van der Waals surface area contributed by atoms with E-state index in [0.29, 0.717) is 15.4 Å². The molecule has 0 aliphatic heterocycles. The summed E-state index contributed by atoms with van der Waals surface area (Å²) < 4.78 is 27.2. The van der Waals surface area contributed by atoms with Crippen molar-refractivity contribution < 1.29 is 8.42 Å². The second-order valence-electron chi connectivity index (χ2n) is 4.81. The molecule has 2 heterocycles. The van der Waals surface area contributed by atoms with Crippen molar-refractivity contribution >= 4 is 37.8 Å². The average Bonchev–Trinajstić information content (AvgIpc) is 2.98. The summed E-state index contributed by atoms with van der Waals surface area (Å²) in [7, 11) is -3.56. The second kappa shape index (κ2) is 6.82. The van der Waals surface area contributed by atoms with Crippen molar-refractivity contribution in [3.05, 3.63) is 22.0 Å². The van der Waals surface area contributed by atoms with E-state index in [-0.39, 0.29) is 0 Å². The van der Waals surface area contributed by atoms with Gasteiger partial charge in [0.2, 0.25) is 5.13 Å². The Morgan fingerprint density at radius 1 is 1.24 bits per heavy atom. The molecule has 0 aliphatic carbocycles. The number of thiophene rings is 1. The monoisotopic (exact) mass is 346 g/mol. The Morgan fingerprint density at radius 2 is 2.00 bits per heavy atom. The number of hydrogen-bond acceptors (Lipinski definition) is 7. The summed E-state index contributed by atoms with van der Waals surface area (Å²) in [5.41, 5.74) is 0. The first-order valence-electron chi connectivity index (χ1n) is 6.52. The molecule has 0 aliphatic rings. The number of aromatic nitrogens is 2. The Balaban J connectivity index is 2.02. The van der Waals surface area contributed by atoms with E-state index in [2.05, 4.69) is 34.1 Å². The number of nitrogens with one attached hydrogen (secondary N) is 2. The van der Waals surface area contributed by atoms with E-state index in [9.17, 15) is 8.42 Å². The molecule has 0 atom stereocenters. The molecule has 2 N–H and O–H groups in total. The van der Waals surface area contributed by atoms with Crippen LogP contribution < -0.4 is 10.0 Å². The van der Waals surface area contributed by atoms with Gasteiger partial charge in [0.05, 0.1) is 0 Å². The van der Waals surface area contributed by atoms with Crippen molar-refractivity contribution in [3.8, 4) is 0 Å². The summed E-state index contributed by atoms with van der Waals surface area (Å²) in [5.74, 6) is 0. The Morgan fingerprint density at radius 3 is 2.62 bits per heavy atom. The SMILES string of the molecule is Cc1nnc(NS(=O)(=O)c2ccc(CCNC(C)C)s2)s1. The number of sulfonamides is 1. The largest absolute Gasteiger partial charge is 0.314 e. The molecule has 0 spiro atoms. The van der Waals surface area contributed by atoms with Crippen LogP contribution in [0.15, 0.2) is 16.3 Å². The van der Waals surface area contributed by atoms with Gasteiger partial charge in [-0.15, -0.1) is 21.5 Å². The molecule has 0 unspecified atom stereocenters. The average molecular weight is 347 g/mol. The molecule has 9 heteroatoms. The van der Waals surface area contributed by atoms with Crippen LogP contribution in [-0.4, -0.2) is 31.2 Å².